The topological polar surface area (TPSA) is 118 Å². The SMILES string of the molecule is CCNc1ccc(-c2cc(OCC)cc(C(=O)Nc3nn[nH]n3)n2)cc1.[Na+]. The molecule has 0 saturated heterocycles. The van der Waals surface area contributed by atoms with E-state index in [0.29, 0.717) is 18.1 Å². The molecule has 0 bridgehead atoms. The standard InChI is InChI=1S/C17H19N7O2.Na/c1-3-18-12-7-5-11(6-8-12)14-9-13(26-4-2)10-15(19-14)16(25)20-17-21-23-24-22-17;/h5-10,18H,3-4H2,1-2H3,(H2,20,21,22,23,24,25);/q;+1. The Hall–Kier alpha value is -2.49. The van der Waals surface area contributed by atoms with Crippen LogP contribution in [0.5, 0.6) is 5.75 Å². The fourth-order valence-corrected chi connectivity index (χ4v) is 2.36. The molecule has 0 spiro atoms. The second-order valence-electron chi connectivity index (χ2n) is 5.30. The molecular formula is C17H19N7NaO2+. The Morgan fingerprint density at radius 1 is 1.19 bits per heavy atom. The van der Waals surface area contributed by atoms with Crippen molar-refractivity contribution in [1.82, 2.24) is 25.6 Å². The van der Waals surface area contributed by atoms with E-state index in [1.165, 1.54) is 0 Å². The number of carbonyl (C=O) groups excluding carboxylic acids is 1. The van der Waals surface area contributed by atoms with E-state index in [9.17, 15) is 4.79 Å². The molecular weight excluding hydrogens is 357 g/mol. The Kier molecular flexibility index (Phi) is 7.71. The maximum Gasteiger partial charge on any atom is 1.00 e. The van der Waals surface area contributed by atoms with Crippen molar-refractivity contribution in [3.05, 3.63) is 42.1 Å². The van der Waals surface area contributed by atoms with Crippen molar-refractivity contribution in [1.29, 1.82) is 0 Å². The van der Waals surface area contributed by atoms with E-state index in [0.717, 1.165) is 17.8 Å². The first kappa shape index (κ1) is 20.8. The van der Waals surface area contributed by atoms with Gasteiger partial charge in [-0.15, -0.1) is 5.10 Å². The van der Waals surface area contributed by atoms with Gasteiger partial charge in [-0.05, 0) is 31.2 Å². The number of rotatable bonds is 7. The normalized spacial score (nSPS) is 10.0. The molecule has 1 aromatic carbocycles. The molecule has 10 heteroatoms. The number of aromatic amines is 1. The van der Waals surface area contributed by atoms with Crippen LogP contribution < -0.4 is 44.9 Å². The van der Waals surface area contributed by atoms with Crippen molar-refractivity contribution < 1.29 is 39.1 Å². The molecule has 0 radical (unpaired) electrons. The van der Waals surface area contributed by atoms with Crippen molar-refractivity contribution >= 4 is 17.5 Å². The summed E-state index contributed by atoms with van der Waals surface area (Å²) < 4.78 is 5.57. The molecule has 27 heavy (non-hydrogen) atoms. The molecule has 0 atom stereocenters. The zero-order valence-corrected chi connectivity index (χ0v) is 17.5. The average Bonchev–Trinajstić information content (AvgIpc) is 3.16. The summed E-state index contributed by atoms with van der Waals surface area (Å²) in [6, 6.07) is 11.2. The van der Waals surface area contributed by atoms with E-state index in [2.05, 4.69) is 36.2 Å². The van der Waals surface area contributed by atoms with E-state index in [1.807, 2.05) is 38.1 Å². The number of anilines is 2. The smallest absolute Gasteiger partial charge is 0.494 e. The molecule has 134 valence electrons. The Morgan fingerprint density at radius 2 is 1.96 bits per heavy atom. The van der Waals surface area contributed by atoms with Crippen LogP contribution in [0.25, 0.3) is 11.3 Å². The van der Waals surface area contributed by atoms with Crippen molar-refractivity contribution in [3.63, 3.8) is 0 Å². The molecule has 2 heterocycles. The van der Waals surface area contributed by atoms with Crippen LogP contribution in [0.4, 0.5) is 11.6 Å². The van der Waals surface area contributed by atoms with Gasteiger partial charge >= 0.3 is 29.6 Å². The molecule has 1 amide bonds. The van der Waals surface area contributed by atoms with Crippen molar-refractivity contribution in [2.24, 2.45) is 0 Å². The minimum Gasteiger partial charge on any atom is -0.494 e. The average molecular weight is 376 g/mol. The molecule has 2 aromatic heterocycles. The van der Waals surface area contributed by atoms with E-state index in [4.69, 9.17) is 4.74 Å². The molecule has 0 aliphatic heterocycles. The molecule has 0 fully saturated rings. The first-order chi connectivity index (χ1) is 12.7. The van der Waals surface area contributed by atoms with E-state index < -0.39 is 5.91 Å². The predicted octanol–water partition coefficient (Wildman–Crippen LogP) is -0.651. The number of H-pyrrole nitrogens is 1. The van der Waals surface area contributed by atoms with Crippen LogP contribution in [-0.4, -0.2) is 44.7 Å². The summed E-state index contributed by atoms with van der Waals surface area (Å²) in [6.45, 7) is 5.24. The number of hydrogen-bond donors (Lipinski definition) is 3. The number of nitrogens with zero attached hydrogens (tertiary/aromatic N) is 4. The molecule has 0 aliphatic carbocycles. The third kappa shape index (κ3) is 5.49. The van der Waals surface area contributed by atoms with Gasteiger partial charge in [-0.1, -0.05) is 17.2 Å². The van der Waals surface area contributed by atoms with Gasteiger partial charge in [-0.25, -0.2) is 4.98 Å². The van der Waals surface area contributed by atoms with Gasteiger partial charge in [0.15, 0.2) is 0 Å². The van der Waals surface area contributed by atoms with Gasteiger partial charge in [-0.3, -0.25) is 10.1 Å². The van der Waals surface area contributed by atoms with Crippen LogP contribution in [0, 0.1) is 0 Å². The van der Waals surface area contributed by atoms with Gasteiger partial charge < -0.3 is 10.1 Å². The summed E-state index contributed by atoms with van der Waals surface area (Å²) in [6.07, 6.45) is 0. The molecule has 3 N–H and O–H groups in total. The Balaban J connectivity index is 0.00000261. The summed E-state index contributed by atoms with van der Waals surface area (Å²) in [5, 5.41) is 18.9. The minimum atomic E-state index is -0.446. The number of tetrazole rings is 1. The number of amides is 1. The number of hydrogen-bond acceptors (Lipinski definition) is 7. The van der Waals surface area contributed by atoms with Gasteiger partial charge in [0.25, 0.3) is 11.9 Å². The number of benzene rings is 1. The van der Waals surface area contributed by atoms with E-state index >= 15 is 0 Å². The van der Waals surface area contributed by atoms with Gasteiger partial charge in [0, 0.05) is 29.9 Å². The quantitative estimate of drug-likeness (QED) is 0.469. The minimum absolute atomic E-state index is 0. The summed E-state index contributed by atoms with van der Waals surface area (Å²) in [5.41, 5.74) is 2.73. The fourth-order valence-electron chi connectivity index (χ4n) is 2.36. The molecule has 3 rings (SSSR count). The number of ether oxygens (including phenoxy) is 1. The Bertz CT molecular complexity index is 869. The van der Waals surface area contributed by atoms with Crippen LogP contribution in [0.3, 0.4) is 0 Å². The third-order valence-corrected chi connectivity index (χ3v) is 3.47. The summed E-state index contributed by atoms with van der Waals surface area (Å²) >= 11 is 0. The molecule has 0 aliphatic rings. The first-order valence-corrected chi connectivity index (χ1v) is 8.23. The zero-order chi connectivity index (χ0) is 18.4. The summed E-state index contributed by atoms with van der Waals surface area (Å²) in [5.74, 6) is 0.195. The van der Waals surface area contributed by atoms with Crippen LogP contribution in [0.1, 0.15) is 24.3 Å². The first-order valence-electron chi connectivity index (χ1n) is 8.23. The van der Waals surface area contributed by atoms with Crippen molar-refractivity contribution in [2.45, 2.75) is 13.8 Å². The van der Waals surface area contributed by atoms with Gasteiger partial charge in [0.1, 0.15) is 11.4 Å². The molecule has 0 unspecified atom stereocenters. The van der Waals surface area contributed by atoms with Crippen LogP contribution in [-0.2, 0) is 0 Å². The maximum absolute atomic E-state index is 12.4. The Morgan fingerprint density at radius 3 is 2.59 bits per heavy atom. The van der Waals surface area contributed by atoms with Crippen molar-refractivity contribution in [3.8, 4) is 17.0 Å². The van der Waals surface area contributed by atoms with Gasteiger partial charge in [0.2, 0.25) is 0 Å². The van der Waals surface area contributed by atoms with Gasteiger partial charge in [-0.2, -0.15) is 5.21 Å². The van der Waals surface area contributed by atoms with Gasteiger partial charge in [0.05, 0.1) is 12.3 Å². The van der Waals surface area contributed by atoms with Crippen molar-refractivity contribution in [2.75, 3.05) is 23.8 Å². The van der Waals surface area contributed by atoms with E-state index in [-0.39, 0.29) is 41.2 Å². The third-order valence-electron chi connectivity index (χ3n) is 3.47. The molecule has 3 aromatic rings. The maximum atomic E-state index is 12.4. The summed E-state index contributed by atoms with van der Waals surface area (Å²) in [7, 11) is 0. The number of pyridine rings is 1. The second-order valence-corrected chi connectivity index (χ2v) is 5.30. The van der Waals surface area contributed by atoms with Crippen LogP contribution in [0.2, 0.25) is 0 Å². The second kappa shape index (κ2) is 10.0. The van der Waals surface area contributed by atoms with Crippen LogP contribution in [0.15, 0.2) is 36.4 Å². The number of nitrogens with one attached hydrogen (secondary N) is 3. The molecule has 9 nitrogen and oxygen atoms in total. The predicted molar refractivity (Wildman–Crippen MR) is 97.1 cm³/mol. The van der Waals surface area contributed by atoms with Crippen LogP contribution >= 0.6 is 0 Å². The number of aromatic nitrogens is 5. The molecule has 0 saturated carbocycles. The summed E-state index contributed by atoms with van der Waals surface area (Å²) in [4.78, 5) is 16.9. The largest absolute Gasteiger partial charge is 1.00 e. The fraction of sp³-hybridized carbons (Fsp3) is 0.235. The Labute approximate surface area is 178 Å². The monoisotopic (exact) mass is 376 g/mol. The zero-order valence-electron chi connectivity index (χ0n) is 15.5. The van der Waals surface area contributed by atoms with E-state index in [1.54, 1.807) is 12.1 Å². The number of carbonyl (C=O) groups is 1.